The number of carbonyl (C=O) groups is 1. The van der Waals surface area contributed by atoms with Gasteiger partial charge in [0.2, 0.25) is 15.9 Å². The van der Waals surface area contributed by atoms with Crippen molar-refractivity contribution in [2.75, 3.05) is 18.4 Å². The van der Waals surface area contributed by atoms with E-state index in [4.69, 9.17) is 11.6 Å². The van der Waals surface area contributed by atoms with Gasteiger partial charge in [-0.25, -0.2) is 12.7 Å². The third kappa shape index (κ3) is 4.93. The second-order valence-corrected chi connectivity index (χ2v) is 9.42. The van der Waals surface area contributed by atoms with Crippen molar-refractivity contribution in [2.45, 2.75) is 31.9 Å². The number of rotatable bonds is 6. The van der Waals surface area contributed by atoms with Crippen molar-refractivity contribution >= 4 is 33.2 Å². The highest BCUT2D eigenvalue weighted by atomic mass is 35.5. The lowest BCUT2D eigenvalue weighted by molar-refractivity contribution is -0.120. The molecule has 2 aromatic carbocycles. The van der Waals surface area contributed by atoms with Crippen LogP contribution in [0.1, 0.15) is 30.9 Å². The number of carbonyl (C=O) groups excluding carboxylic acids is 1. The van der Waals surface area contributed by atoms with Crippen molar-refractivity contribution in [3.05, 3.63) is 64.7 Å². The lowest BCUT2D eigenvalue weighted by Gasteiger charge is -2.31. The van der Waals surface area contributed by atoms with Gasteiger partial charge >= 0.3 is 0 Å². The van der Waals surface area contributed by atoms with Gasteiger partial charge in [0.05, 0.1) is 11.7 Å². The van der Waals surface area contributed by atoms with Crippen molar-refractivity contribution in [1.82, 2.24) is 4.31 Å². The molecule has 0 saturated carbocycles. The maximum atomic E-state index is 12.9. The van der Waals surface area contributed by atoms with Crippen molar-refractivity contribution in [3.63, 3.8) is 0 Å². The van der Waals surface area contributed by atoms with Crippen molar-refractivity contribution in [1.29, 1.82) is 0 Å². The fourth-order valence-electron chi connectivity index (χ4n) is 3.50. The minimum atomic E-state index is -3.54. The third-order valence-electron chi connectivity index (χ3n) is 5.10. The molecule has 0 bridgehead atoms. The number of sulfonamides is 1. The van der Waals surface area contributed by atoms with Crippen LogP contribution in [0.15, 0.2) is 48.5 Å². The summed E-state index contributed by atoms with van der Waals surface area (Å²) in [5.74, 6) is -0.641. The lowest BCUT2D eigenvalue weighted by Crippen LogP contribution is -2.44. The van der Waals surface area contributed by atoms with Gasteiger partial charge in [-0.3, -0.25) is 4.79 Å². The number of piperidine rings is 1. The molecule has 0 spiro atoms. The van der Waals surface area contributed by atoms with E-state index in [2.05, 4.69) is 5.32 Å². The number of aryl methyl sites for hydroxylation is 1. The van der Waals surface area contributed by atoms with Crippen LogP contribution in [-0.2, 0) is 27.0 Å². The minimum absolute atomic E-state index is 0.126. The summed E-state index contributed by atoms with van der Waals surface area (Å²) in [6.07, 6.45) is 2.16. The SMILES string of the molecule is CCc1ccccc1NC(=O)[C@H]1CCCN(S(=O)(=O)Cc2ccccc2Cl)C1. The van der Waals surface area contributed by atoms with E-state index in [1.165, 1.54) is 4.31 Å². The first-order valence-corrected chi connectivity index (χ1v) is 11.5. The molecule has 3 rings (SSSR count). The number of para-hydroxylation sites is 1. The van der Waals surface area contributed by atoms with Crippen molar-refractivity contribution < 1.29 is 13.2 Å². The predicted molar refractivity (Wildman–Crippen MR) is 113 cm³/mol. The van der Waals surface area contributed by atoms with Gasteiger partial charge in [-0.05, 0) is 42.5 Å². The first kappa shape index (κ1) is 20.8. The molecular formula is C21H25ClN2O3S. The number of nitrogens with zero attached hydrogens (tertiary/aromatic N) is 1. The quantitative estimate of drug-likeness (QED) is 0.765. The Morgan fingerprint density at radius 1 is 1.14 bits per heavy atom. The monoisotopic (exact) mass is 420 g/mol. The summed E-state index contributed by atoms with van der Waals surface area (Å²) in [6.45, 7) is 2.67. The molecule has 0 aromatic heterocycles. The van der Waals surface area contributed by atoms with E-state index in [0.29, 0.717) is 30.0 Å². The number of nitrogens with one attached hydrogen (secondary N) is 1. The number of amides is 1. The summed E-state index contributed by atoms with van der Waals surface area (Å²) in [4.78, 5) is 12.8. The standard InChI is InChI=1S/C21H25ClN2O3S/c1-2-16-8-4-6-12-20(16)23-21(25)17-10-7-13-24(14-17)28(26,27)15-18-9-3-5-11-19(18)22/h3-6,8-9,11-12,17H,2,7,10,13-15H2,1H3,(H,23,25)/t17-/m0/s1. The summed E-state index contributed by atoms with van der Waals surface area (Å²) in [5.41, 5.74) is 2.44. The van der Waals surface area contributed by atoms with Crippen LogP contribution in [-0.4, -0.2) is 31.7 Å². The van der Waals surface area contributed by atoms with E-state index in [1.54, 1.807) is 24.3 Å². The van der Waals surface area contributed by atoms with Crippen LogP contribution in [0, 0.1) is 5.92 Å². The summed E-state index contributed by atoms with van der Waals surface area (Å²) >= 11 is 6.12. The van der Waals surface area contributed by atoms with Crippen LogP contribution in [0.25, 0.3) is 0 Å². The van der Waals surface area contributed by atoms with Gasteiger partial charge in [0.1, 0.15) is 0 Å². The van der Waals surface area contributed by atoms with E-state index in [-0.39, 0.29) is 24.1 Å². The first-order chi connectivity index (χ1) is 13.4. The molecule has 1 N–H and O–H groups in total. The molecule has 5 nitrogen and oxygen atoms in total. The van der Waals surface area contributed by atoms with Crippen molar-refractivity contribution in [3.8, 4) is 0 Å². The van der Waals surface area contributed by atoms with Crippen LogP contribution in [0.5, 0.6) is 0 Å². The Labute approximate surface area is 171 Å². The molecule has 150 valence electrons. The second-order valence-electron chi connectivity index (χ2n) is 7.04. The minimum Gasteiger partial charge on any atom is -0.326 e. The summed E-state index contributed by atoms with van der Waals surface area (Å²) in [5, 5.41) is 3.42. The van der Waals surface area contributed by atoms with E-state index < -0.39 is 10.0 Å². The van der Waals surface area contributed by atoms with Gasteiger partial charge in [0.25, 0.3) is 0 Å². The van der Waals surface area contributed by atoms with Gasteiger partial charge in [0, 0.05) is 23.8 Å². The van der Waals surface area contributed by atoms with Gasteiger partial charge in [-0.1, -0.05) is 54.9 Å². The van der Waals surface area contributed by atoms with Crippen LogP contribution in [0.3, 0.4) is 0 Å². The average Bonchev–Trinajstić information content (AvgIpc) is 2.70. The van der Waals surface area contributed by atoms with Gasteiger partial charge in [-0.2, -0.15) is 0 Å². The fraction of sp³-hybridized carbons (Fsp3) is 0.381. The second kappa shape index (κ2) is 9.07. The van der Waals surface area contributed by atoms with E-state index >= 15 is 0 Å². The number of benzene rings is 2. The predicted octanol–water partition coefficient (Wildman–Crippen LogP) is 4.08. The van der Waals surface area contributed by atoms with Gasteiger partial charge in [0.15, 0.2) is 0 Å². The topological polar surface area (TPSA) is 66.5 Å². The Hall–Kier alpha value is -1.89. The molecular weight excluding hydrogens is 396 g/mol. The number of hydrogen-bond acceptors (Lipinski definition) is 3. The van der Waals surface area contributed by atoms with Crippen LogP contribution < -0.4 is 5.32 Å². The highest BCUT2D eigenvalue weighted by Crippen LogP contribution is 2.25. The van der Waals surface area contributed by atoms with Crippen molar-refractivity contribution in [2.24, 2.45) is 5.92 Å². The fourth-order valence-corrected chi connectivity index (χ4v) is 5.42. The molecule has 2 aromatic rings. The van der Waals surface area contributed by atoms with Crippen LogP contribution in [0.4, 0.5) is 5.69 Å². The maximum Gasteiger partial charge on any atom is 0.228 e. The molecule has 1 saturated heterocycles. The Kier molecular flexibility index (Phi) is 6.75. The summed E-state index contributed by atoms with van der Waals surface area (Å²) in [6, 6.07) is 14.6. The molecule has 1 atom stereocenters. The first-order valence-electron chi connectivity index (χ1n) is 9.50. The molecule has 1 fully saturated rings. The normalized spacial score (nSPS) is 18.0. The number of hydrogen-bond donors (Lipinski definition) is 1. The highest BCUT2D eigenvalue weighted by molar-refractivity contribution is 7.88. The van der Waals surface area contributed by atoms with Gasteiger partial charge in [-0.15, -0.1) is 0 Å². The number of anilines is 1. The average molecular weight is 421 g/mol. The molecule has 1 aliphatic heterocycles. The Morgan fingerprint density at radius 3 is 2.54 bits per heavy atom. The zero-order valence-corrected chi connectivity index (χ0v) is 17.5. The van der Waals surface area contributed by atoms with E-state index in [1.807, 2.05) is 31.2 Å². The molecule has 1 heterocycles. The highest BCUT2D eigenvalue weighted by Gasteiger charge is 2.32. The number of halogens is 1. The summed E-state index contributed by atoms with van der Waals surface area (Å²) in [7, 11) is -3.54. The molecule has 1 aliphatic rings. The maximum absolute atomic E-state index is 12.9. The molecule has 0 aliphatic carbocycles. The molecule has 28 heavy (non-hydrogen) atoms. The Bertz CT molecular complexity index is 946. The molecule has 0 unspecified atom stereocenters. The molecule has 7 heteroatoms. The Balaban J connectivity index is 1.69. The lowest BCUT2D eigenvalue weighted by atomic mass is 9.98. The third-order valence-corrected chi connectivity index (χ3v) is 7.26. The van der Waals surface area contributed by atoms with Crippen LogP contribution in [0.2, 0.25) is 5.02 Å². The smallest absolute Gasteiger partial charge is 0.228 e. The largest absolute Gasteiger partial charge is 0.326 e. The molecule has 1 amide bonds. The summed E-state index contributed by atoms with van der Waals surface area (Å²) < 4.78 is 27.2. The van der Waals surface area contributed by atoms with Gasteiger partial charge < -0.3 is 5.32 Å². The molecule has 0 radical (unpaired) electrons. The van der Waals surface area contributed by atoms with Crippen LogP contribution >= 0.6 is 11.6 Å². The zero-order valence-electron chi connectivity index (χ0n) is 15.9. The zero-order chi connectivity index (χ0) is 20.1. The Morgan fingerprint density at radius 2 is 1.82 bits per heavy atom. The van der Waals surface area contributed by atoms with E-state index in [0.717, 1.165) is 17.7 Å². The van der Waals surface area contributed by atoms with E-state index in [9.17, 15) is 13.2 Å².